The van der Waals surface area contributed by atoms with E-state index in [0.717, 1.165) is 22.9 Å². The Hall–Kier alpha value is -2.70. The number of hydrogen-bond donors (Lipinski definition) is 0. The fraction of sp³-hybridized carbons (Fsp3) is 0.143. The van der Waals surface area contributed by atoms with Gasteiger partial charge in [0, 0.05) is 5.02 Å². The van der Waals surface area contributed by atoms with Crippen LogP contribution in [0.1, 0.15) is 11.1 Å². The molecule has 0 spiro atoms. The number of benzene rings is 2. The molecule has 1 heterocycles. The first kappa shape index (κ1) is 20.0. The van der Waals surface area contributed by atoms with Gasteiger partial charge in [-0.25, -0.2) is 0 Å². The zero-order valence-electron chi connectivity index (χ0n) is 15.2. The van der Waals surface area contributed by atoms with Gasteiger partial charge in [-0.3, -0.25) is 14.5 Å². The van der Waals surface area contributed by atoms with Gasteiger partial charge < -0.3 is 9.47 Å². The number of nitrogens with zero attached hydrogens (tertiary/aromatic N) is 1. The van der Waals surface area contributed by atoms with E-state index in [1.165, 1.54) is 4.90 Å². The summed E-state index contributed by atoms with van der Waals surface area (Å²) in [5.74, 6) is 0.794. The summed E-state index contributed by atoms with van der Waals surface area (Å²) in [6.07, 6.45) is 3.32. The number of rotatable bonds is 7. The van der Waals surface area contributed by atoms with Gasteiger partial charge in [-0.2, -0.15) is 0 Å². The number of thioether (sulfide) groups is 1. The van der Waals surface area contributed by atoms with Crippen LogP contribution in [0.15, 0.2) is 60.0 Å². The number of hydrogen-bond acceptors (Lipinski definition) is 5. The Morgan fingerprint density at radius 1 is 1.14 bits per heavy atom. The van der Waals surface area contributed by atoms with Gasteiger partial charge in [-0.1, -0.05) is 42.5 Å². The van der Waals surface area contributed by atoms with Gasteiger partial charge in [0.25, 0.3) is 11.1 Å². The Labute approximate surface area is 172 Å². The Balaban J connectivity index is 1.79. The molecule has 0 radical (unpaired) electrons. The van der Waals surface area contributed by atoms with Crippen LogP contribution >= 0.6 is 23.4 Å². The average molecular weight is 416 g/mol. The number of carbonyl (C=O) groups is 2. The molecule has 7 heteroatoms. The summed E-state index contributed by atoms with van der Waals surface area (Å²) in [6.45, 7) is 4.18. The molecule has 2 aromatic carbocycles. The molecule has 2 aromatic rings. The second kappa shape index (κ2) is 8.99. The smallest absolute Gasteiger partial charge is 0.293 e. The molecule has 5 nitrogen and oxygen atoms in total. The molecule has 0 saturated carbocycles. The fourth-order valence-corrected chi connectivity index (χ4v) is 3.57. The van der Waals surface area contributed by atoms with Crippen LogP contribution < -0.4 is 9.47 Å². The summed E-state index contributed by atoms with van der Waals surface area (Å²) in [7, 11) is 1.54. The molecule has 1 aliphatic heterocycles. The van der Waals surface area contributed by atoms with E-state index in [0.29, 0.717) is 28.0 Å². The van der Waals surface area contributed by atoms with Gasteiger partial charge in [0.1, 0.15) is 6.61 Å². The molecule has 1 fully saturated rings. The predicted octanol–water partition coefficient (Wildman–Crippen LogP) is 5.15. The largest absolute Gasteiger partial charge is 0.493 e. The first-order valence-electron chi connectivity index (χ1n) is 8.43. The van der Waals surface area contributed by atoms with E-state index >= 15 is 0 Å². The molecule has 0 N–H and O–H groups in total. The SMILES string of the molecule is C=CCOc1ccc(/C=C2\SC(=O)N(Cc3ccc(Cl)cc3)C2=O)cc1OC. The average Bonchev–Trinajstić information content (AvgIpc) is 2.95. The Morgan fingerprint density at radius 3 is 2.57 bits per heavy atom. The molecular weight excluding hydrogens is 398 g/mol. The number of imide groups is 1. The molecule has 3 rings (SSSR count). The number of carbonyl (C=O) groups excluding carboxylic acids is 2. The highest BCUT2D eigenvalue weighted by Gasteiger charge is 2.35. The van der Waals surface area contributed by atoms with Crippen molar-refractivity contribution >= 4 is 40.6 Å². The molecule has 28 heavy (non-hydrogen) atoms. The van der Waals surface area contributed by atoms with Crippen LogP contribution in [-0.4, -0.2) is 29.8 Å². The lowest BCUT2D eigenvalue weighted by Crippen LogP contribution is -2.27. The molecule has 144 valence electrons. The Kier molecular flexibility index (Phi) is 6.44. The molecule has 0 aromatic heterocycles. The van der Waals surface area contributed by atoms with Crippen LogP contribution in [0.2, 0.25) is 5.02 Å². The van der Waals surface area contributed by atoms with Gasteiger partial charge >= 0.3 is 0 Å². The number of ether oxygens (including phenoxy) is 2. The minimum atomic E-state index is -0.323. The molecule has 0 bridgehead atoms. The van der Waals surface area contributed by atoms with E-state index in [9.17, 15) is 9.59 Å². The third-order valence-electron chi connectivity index (χ3n) is 3.97. The van der Waals surface area contributed by atoms with Crippen LogP contribution in [0.3, 0.4) is 0 Å². The van der Waals surface area contributed by atoms with E-state index in [4.69, 9.17) is 21.1 Å². The first-order valence-corrected chi connectivity index (χ1v) is 9.63. The van der Waals surface area contributed by atoms with Gasteiger partial charge in [0.05, 0.1) is 18.6 Å². The van der Waals surface area contributed by atoms with E-state index in [1.54, 1.807) is 61.7 Å². The van der Waals surface area contributed by atoms with Crippen LogP contribution in [0.4, 0.5) is 4.79 Å². The maximum atomic E-state index is 12.7. The minimum absolute atomic E-state index is 0.205. The molecule has 0 aliphatic carbocycles. The third-order valence-corrected chi connectivity index (χ3v) is 5.13. The lowest BCUT2D eigenvalue weighted by molar-refractivity contribution is -0.123. The summed E-state index contributed by atoms with van der Waals surface area (Å²) in [6, 6.07) is 12.4. The molecular formula is C21H18ClNO4S. The van der Waals surface area contributed by atoms with Crippen molar-refractivity contribution < 1.29 is 19.1 Å². The van der Waals surface area contributed by atoms with Crippen molar-refractivity contribution in [2.75, 3.05) is 13.7 Å². The Morgan fingerprint density at radius 2 is 1.89 bits per heavy atom. The van der Waals surface area contributed by atoms with Crippen molar-refractivity contribution in [1.29, 1.82) is 0 Å². The molecule has 2 amide bonds. The third kappa shape index (κ3) is 4.58. The number of amides is 2. The summed E-state index contributed by atoms with van der Waals surface area (Å²) >= 11 is 6.80. The summed E-state index contributed by atoms with van der Waals surface area (Å²) in [5, 5.41) is 0.302. The van der Waals surface area contributed by atoms with Crippen LogP contribution in [0.25, 0.3) is 6.08 Å². The van der Waals surface area contributed by atoms with Crippen LogP contribution in [-0.2, 0) is 11.3 Å². The monoisotopic (exact) mass is 415 g/mol. The highest BCUT2D eigenvalue weighted by atomic mass is 35.5. The lowest BCUT2D eigenvalue weighted by Gasteiger charge is -2.12. The van der Waals surface area contributed by atoms with Crippen molar-refractivity contribution in [2.24, 2.45) is 0 Å². The van der Waals surface area contributed by atoms with Crippen molar-refractivity contribution in [3.8, 4) is 11.5 Å². The second-order valence-electron chi connectivity index (χ2n) is 5.90. The van der Waals surface area contributed by atoms with Gasteiger partial charge in [0.2, 0.25) is 0 Å². The highest BCUT2D eigenvalue weighted by Crippen LogP contribution is 2.35. The van der Waals surface area contributed by atoms with E-state index in [1.807, 2.05) is 0 Å². The van der Waals surface area contributed by atoms with Crippen molar-refractivity contribution in [1.82, 2.24) is 4.90 Å². The number of methoxy groups -OCH3 is 1. The van der Waals surface area contributed by atoms with Crippen molar-refractivity contribution in [3.05, 3.63) is 76.2 Å². The lowest BCUT2D eigenvalue weighted by atomic mass is 10.1. The molecule has 0 atom stereocenters. The zero-order chi connectivity index (χ0) is 20.1. The van der Waals surface area contributed by atoms with Crippen molar-refractivity contribution in [3.63, 3.8) is 0 Å². The first-order chi connectivity index (χ1) is 13.5. The summed E-state index contributed by atoms with van der Waals surface area (Å²) in [4.78, 5) is 26.6. The summed E-state index contributed by atoms with van der Waals surface area (Å²) in [5.41, 5.74) is 1.57. The standard InChI is InChI=1S/C21H18ClNO4S/c1-3-10-27-17-9-6-15(11-18(17)26-2)12-19-20(24)23(21(25)28-19)13-14-4-7-16(22)8-5-14/h3-9,11-12H,1,10,13H2,2H3/b19-12-. The summed E-state index contributed by atoms with van der Waals surface area (Å²) < 4.78 is 10.9. The predicted molar refractivity (Wildman–Crippen MR) is 112 cm³/mol. The van der Waals surface area contributed by atoms with Crippen molar-refractivity contribution in [2.45, 2.75) is 6.54 Å². The van der Waals surface area contributed by atoms with Gasteiger partial charge in [-0.05, 0) is 53.2 Å². The minimum Gasteiger partial charge on any atom is -0.493 e. The topological polar surface area (TPSA) is 55.8 Å². The Bertz CT molecular complexity index is 940. The van der Waals surface area contributed by atoms with E-state index in [-0.39, 0.29) is 17.7 Å². The maximum Gasteiger partial charge on any atom is 0.293 e. The van der Waals surface area contributed by atoms with Gasteiger partial charge in [-0.15, -0.1) is 0 Å². The quantitative estimate of drug-likeness (QED) is 0.462. The fourth-order valence-electron chi connectivity index (χ4n) is 2.60. The van der Waals surface area contributed by atoms with Gasteiger partial charge in [0.15, 0.2) is 11.5 Å². The van der Waals surface area contributed by atoms with Crippen LogP contribution in [0, 0.1) is 0 Å². The second-order valence-corrected chi connectivity index (χ2v) is 7.33. The molecule has 1 aliphatic rings. The van der Waals surface area contributed by atoms with Crippen LogP contribution in [0.5, 0.6) is 11.5 Å². The maximum absolute atomic E-state index is 12.7. The zero-order valence-corrected chi connectivity index (χ0v) is 16.8. The highest BCUT2D eigenvalue weighted by molar-refractivity contribution is 8.18. The normalized spacial score (nSPS) is 15.2. The number of halogens is 1. The molecule has 1 saturated heterocycles. The molecule has 0 unspecified atom stereocenters. The van der Waals surface area contributed by atoms with E-state index < -0.39 is 0 Å². The van der Waals surface area contributed by atoms with E-state index in [2.05, 4.69) is 6.58 Å².